The first kappa shape index (κ1) is 19.5. The summed E-state index contributed by atoms with van der Waals surface area (Å²) in [5.41, 5.74) is 0.916. The zero-order valence-corrected chi connectivity index (χ0v) is 15.1. The summed E-state index contributed by atoms with van der Waals surface area (Å²) < 4.78 is 4.76. The Morgan fingerprint density at radius 3 is 2.30 bits per heavy atom. The second-order valence-electron chi connectivity index (χ2n) is 6.25. The number of hydrogen-bond donors (Lipinski definition) is 0. The van der Waals surface area contributed by atoms with Gasteiger partial charge in [0.1, 0.15) is 0 Å². The van der Waals surface area contributed by atoms with Crippen LogP contribution in [0.15, 0.2) is 24.3 Å². The SMILES string of the molecule is COC(=O)C(C)CN(CCC(C)C)C(=O)Cc1ccc(Cl)cc1. The van der Waals surface area contributed by atoms with E-state index in [9.17, 15) is 9.59 Å². The highest BCUT2D eigenvalue weighted by Crippen LogP contribution is 2.13. The van der Waals surface area contributed by atoms with Crippen molar-refractivity contribution in [1.29, 1.82) is 0 Å². The van der Waals surface area contributed by atoms with E-state index in [-0.39, 0.29) is 17.8 Å². The largest absolute Gasteiger partial charge is 0.469 e. The van der Waals surface area contributed by atoms with Crippen molar-refractivity contribution in [1.82, 2.24) is 4.90 Å². The monoisotopic (exact) mass is 339 g/mol. The number of benzene rings is 1. The van der Waals surface area contributed by atoms with Gasteiger partial charge in [-0.2, -0.15) is 0 Å². The fourth-order valence-corrected chi connectivity index (χ4v) is 2.35. The Kier molecular flexibility index (Phi) is 8.10. The molecule has 0 saturated carbocycles. The van der Waals surface area contributed by atoms with Crippen LogP contribution in [0, 0.1) is 11.8 Å². The third-order valence-corrected chi connectivity index (χ3v) is 3.95. The maximum Gasteiger partial charge on any atom is 0.310 e. The van der Waals surface area contributed by atoms with E-state index in [2.05, 4.69) is 13.8 Å². The normalized spacial score (nSPS) is 12.1. The lowest BCUT2D eigenvalue weighted by molar-refractivity contribution is -0.146. The summed E-state index contributed by atoms with van der Waals surface area (Å²) in [5.74, 6) is -0.113. The third kappa shape index (κ3) is 7.04. The van der Waals surface area contributed by atoms with Gasteiger partial charge in [0.2, 0.25) is 5.91 Å². The Balaban J connectivity index is 2.74. The third-order valence-electron chi connectivity index (χ3n) is 3.70. The van der Waals surface area contributed by atoms with Crippen molar-refractivity contribution in [3.05, 3.63) is 34.9 Å². The van der Waals surface area contributed by atoms with Crippen LogP contribution in [0.3, 0.4) is 0 Å². The first-order valence-corrected chi connectivity index (χ1v) is 8.31. The fraction of sp³-hybridized carbons (Fsp3) is 0.556. The summed E-state index contributed by atoms with van der Waals surface area (Å²) in [5, 5.41) is 0.650. The van der Waals surface area contributed by atoms with E-state index in [4.69, 9.17) is 16.3 Å². The summed E-state index contributed by atoms with van der Waals surface area (Å²) in [6.07, 6.45) is 1.21. The zero-order chi connectivity index (χ0) is 17.4. The van der Waals surface area contributed by atoms with Crippen molar-refractivity contribution < 1.29 is 14.3 Å². The standard InChI is InChI=1S/C18H26ClNO3/c1-13(2)9-10-20(12-14(3)18(22)23-4)17(21)11-15-5-7-16(19)8-6-15/h5-8,13-14H,9-12H2,1-4H3. The lowest BCUT2D eigenvalue weighted by Crippen LogP contribution is -2.39. The van der Waals surface area contributed by atoms with Gasteiger partial charge in [-0.05, 0) is 30.0 Å². The van der Waals surface area contributed by atoms with E-state index < -0.39 is 0 Å². The highest BCUT2D eigenvalue weighted by atomic mass is 35.5. The van der Waals surface area contributed by atoms with Crippen LogP contribution in [0.4, 0.5) is 0 Å². The number of carbonyl (C=O) groups excluding carboxylic acids is 2. The molecule has 0 radical (unpaired) electrons. The number of amides is 1. The molecule has 0 heterocycles. The molecule has 0 bridgehead atoms. The Morgan fingerprint density at radius 1 is 1.17 bits per heavy atom. The van der Waals surface area contributed by atoms with Crippen LogP contribution in [0.2, 0.25) is 5.02 Å². The number of carbonyl (C=O) groups is 2. The molecule has 0 aromatic heterocycles. The van der Waals surface area contributed by atoms with Gasteiger partial charge < -0.3 is 9.64 Å². The van der Waals surface area contributed by atoms with Crippen LogP contribution in [0.25, 0.3) is 0 Å². The molecular formula is C18H26ClNO3. The van der Waals surface area contributed by atoms with Gasteiger partial charge in [-0.25, -0.2) is 0 Å². The van der Waals surface area contributed by atoms with E-state index in [0.717, 1.165) is 12.0 Å². The first-order valence-electron chi connectivity index (χ1n) is 7.93. The summed E-state index contributed by atoms with van der Waals surface area (Å²) in [4.78, 5) is 26.0. The number of rotatable bonds is 8. The lowest BCUT2D eigenvalue weighted by atomic mass is 10.1. The van der Waals surface area contributed by atoms with Crippen molar-refractivity contribution in [2.75, 3.05) is 20.2 Å². The average molecular weight is 340 g/mol. The molecule has 4 nitrogen and oxygen atoms in total. The van der Waals surface area contributed by atoms with E-state index in [1.807, 2.05) is 12.1 Å². The smallest absolute Gasteiger partial charge is 0.310 e. The van der Waals surface area contributed by atoms with E-state index in [0.29, 0.717) is 30.5 Å². The van der Waals surface area contributed by atoms with Crippen molar-refractivity contribution in [2.45, 2.75) is 33.6 Å². The maximum atomic E-state index is 12.6. The minimum atomic E-state index is -0.332. The molecule has 5 heteroatoms. The molecule has 0 aliphatic carbocycles. The van der Waals surface area contributed by atoms with E-state index in [1.165, 1.54) is 7.11 Å². The quantitative estimate of drug-likeness (QED) is 0.680. The van der Waals surface area contributed by atoms with E-state index >= 15 is 0 Å². The van der Waals surface area contributed by atoms with E-state index in [1.54, 1.807) is 24.0 Å². The molecule has 0 spiro atoms. The van der Waals surface area contributed by atoms with Gasteiger partial charge in [0, 0.05) is 18.1 Å². The molecule has 0 aliphatic heterocycles. The number of nitrogens with zero attached hydrogens (tertiary/aromatic N) is 1. The number of esters is 1. The van der Waals surface area contributed by atoms with Gasteiger partial charge in [0.25, 0.3) is 0 Å². The van der Waals surface area contributed by atoms with Gasteiger partial charge in [0.15, 0.2) is 0 Å². The molecule has 0 fully saturated rings. The van der Waals surface area contributed by atoms with Crippen LogP contribution >= 0.6 is 11.6 Å². The molecule has 0 aliphatic rings. The Bertz CT molecular complexity index is 514. The topological polar surface area (TPSA) is 46.6 Å². The molecule has 1 unspecified atom stereocenters. The molecule has 1 rings (SSSR count). The second kappa shape index (κ2) is 9.56. The minimum Gasteiger partial charge on any atom is -0.469 e. The molecule has 0 N–H and O–H groups in total. The summed E-state index contributed by atoms with van der Waals surface area (Å²) >= 11 is 5.87. The van der Waals surface area contributed by atoms with Crippen LogP contribution in [-0.2, 0) is 20.7 Å². The summed E-state index contributed by atoms with van der Waals surface area (Å²) in [6.45, 7) is 7.04. The Morgan fingerprint density at radius 2 is 1.78 bits per heavy atom. The predicted octanol–water partition coefficient (Wildman–Crippen LogP) is 3.57. The van der Waals surface area contributed by atoms with Gasteiger partial charge in [-0.1, -0.05) is 44.5 Å². The summed E-state index contributed by atoms with van der Waals surface area (Å²) in [7, 11) is 1.37. The highest BCUT2D eigenvalue weighted by Gasteiger charge is 2.21. The van der Waals surface area contributed by atoms with Crippen LogP contribution < -0.4 is 0 Å². The predicted molar refractivity (Wildman–Crippen MR) is 92.4 cm³/mol. The number of hydrogen-bond acceptors (Lipinski definition) is 3. The van der Waals surface area contributed by atoms with Crippen molar-refractivity contribution >= 4 is 23.5 Å². The highest BCUT2D eigenvalue weighted by molar-refractivity contribution is 6.30. The second-order valence-corrected chi connectivity index (χ2v) is 6.69. The number of ether oxygens (including phenoxy) is 1. The number of halogens is 1. The lowest BCUT2D eigenvalue weighted by Gasteiger charge is -2.26. The number of methoxy groups -OCH3 is 1. The summed E-state index contributed by atoms with van der Waals surface area (Å²) in [6, 6.07) is 7.26. The molecule has 1 atom stereocenters. The maximum absolute atomic E-state index is 12.6. The van der Waals surface area contributed by atoms with Gasteiger partial charge in [0.05, 0.1) is 19.4 Å². The average Bonchev–Trinajstić information content (AvgIpc) is 2.52. The van der Waals surface area contributed by atoms with Gasteiger partial charge in [-0.15, -0.1) is 0 Å². The van der Waals surface area contributed by atoms with Crippen LogP contribution in [0.5, 0.6) is 0 Å². The molecule has 1 amide bonds. The minimum absolute atomic E-state index is 0.0173. The molecule has 128 valence electrons. The molecule has 1 aromatic carbocycles. The molecule has 1 aromatic rings. The van der Waals surface area contributed by atoms with Crippen molar-refractivity contribution in [3.63, 3.8) is 0 Å². The fourth-order valence-electron chi connectivity index (χ4n) is 2.23. The van der Waals surface area contributed by atoms with Gasteiger partial charge in [-0.3, -0.25) is 9.59 Å². The van der Waals surface area contributed by atoms with Crippen LogP contribution in [0.1, 0.15) is 32.8 Å². The van der Waals surface area contributed by atoms with Gasteiger partial charge >= 0.3 is 5.97 Å². The molecule has 0 saturated heterocycles. The Labute approximate surface area is 143 Å². The van der Waals surface area contributed by atoms with Crippen molar-refractivity contribution in [3.8, 4) is 0 Å². The Hall–Kier alpha value is -1.55. The van der Waals surface area contributed by atoms with Crippen molar-refractivity contribution in [2.24, 2.45) is 11.8 Å². The van der Waals surface area contributed by atoms with Crippen LogP contribution in [-0.4, -0.2) is 37.0 Å². The first-order chi connectivity index (χ1) is 10.8. The zero-order valence-electron chi connectivity index (χ0n) is 14.3. The molecule has 23 heavy (non-hydrogen) atoms. The molecular weight excluding hydrogens is 314 g/mol.